The Morgan fingerprint density at radius 1 is 0.786 bits per heavy atom. The van der Waals surface area contributed by atoms with Crippen molar-refractivity contribution in [2.24, 2.45) is 0 Å². The van der Waals surface area contributed by atoms with E-state index in [0.29, 0.717) is 0 Å². The van der Waals surface area contributed by atoms with Crippen molar-refractivity contribution < 1.29 is 10.1 Å². The zero-order valence-electron chi connectivity index (χ0n) is 17.3. The zero-order valence-corrected chi connectivity index (χ0v) is 17.3. The second kappa shape index (κ2) is 9.20. The Labute approximate surface area is 168 Å². The van der Waals surface area contributed by atoms with E-state index in [2.05, 4.69) is 116 Å². The molecule has 1 aliphatic rings. The third-order valence-corrected chi connectivity index (χ3v) is 4.81. The zero-order chi connectivity index (χ0) is 19.4. The van der Waals surface area contributed by atoms with Crippen LogP contribution in [-0.2, 0) is 0 Å². The van der Waals surface area contributed by atoms with Crippen LogP contribution in [0.5, 0.6) is 0 Å². The van der Waals surface area contributed by atoms with Gasteiger partial charge in [0.15, 0.2) is 5.71 Å². The molecule has 0 aromatic heterocycles. The third-order valence-electron chi connectivity index (χ3n) is 4.81. The molecule has 0 spiro atoms. The molecule has 0 unspecified atom stereocenters. The van der Waals surface area contributed by atoms with Crippen molar-refractivity contribution in [3.63, 3.8) is 0 Å². The smallest absolute Gasteiger partial charge is 0.199 e. The van der Waals surface area contributed by atoms with Crippen molar-refractivity contribution in [3.8, 4) is 0 Å². The summed E-state index contributed by atoms with van der Waals surface area (Å²) < 4.78 is 2.12. The van der Waals surface area contributed by atoms with E-state index in [0.717, 1.165) is 5.69 Å². The maximum atomic E-state index is 3.19. The van der Waals surface area contributed by atoms with Crippen molar-refractivity contribution in [2.45, 2.75) is 0 Å². The van der Waals surface area contributed by atoms with Gasteiger partial charge in [-0.25, -0.2) is 4.58 Å². The lowest BCUT2D eigenvalue weighted by molar-refractivity contribution is -0.462. The molecule has 0 amide bonds. The van der Waals surface area contributed by atoms with Gasteiger partial charge in [0.25, 0.3) is 0 Å². The molecule has 0 bridgehead atoms. The predicted molar refractivity (Wildman–Crippen MR) is 120 cm³/mol. The van der Waals surface area contributed by atoms with Gasteiger partial charge in [-0.2, -0.15) is 0 Å². The van der Waals surface area contributed by atoms with Crippen LogP contribution in [-0.4, -0.2) is 51.0 Å². The highest BCUT2D eigenvalue weighted by atomic mass is 16.0. The van der Waals surface area contributed by atoms with Gasteiger partial charge in [0.2, 0.25) is 0 Å². The van der Waals surface area contributed by atoms with Gasteiger partial charge in [-0.1, -0.05) is 24.3 Å². The standard InChI is InChI=1S/C24H27N3.H2O/c1-25-21-12-6-18(7-13-21)24(19-8-14-22(15-9-19)26(2)3)20-10-16-23(17-11-20)27(4)5;/h6-17H,1-5H3;1H2. The van der Waals surface area contributed by atoms with Gasteiger partial charge < -0.3 is 15.7 Å². The average Bonchev–Trinajstić information content (AvgIpc) is 2.69. The Balaban J connectivity index is 0.00000280. The van der Waals surface area contributed by atoms with E-state index in [1.807, 2.05) is 7.05 Å². The maximum Gasteiger partial charge on any atom is 0.199 e. The fraction of sp³-hybridized carbons (Fsp3) is 0.208. The number of benzene rings is 2. The Bertz CT molecular complexity index is 909. The van der Waals surface area contributed by atoms with Gasteiger partial charge >= 0.3 is 0 Å². The molecule has 0 radical (unpaired) electrons. The number of hydrogen-bond donors (Lipinski definition) is 1. The van der Waals surface area contributed by atoms with Crippen LogP contribution in [0.15, 0.2) is 78.4 Å². The van der Waals surface area contributed by atoms with Crippen molar-refractivity contribution in [2.75, 3.05) is 45.5 Å². The lowest BCUT2D eigenvalue weighted by Gasteiger charge is -2.17. The molecular formula is C24H29N3O. The van der Waals surface area contributed by atoms with Crippen LogP contribution in [0.2, 0.25) is 0 Å². The minimum Gasteiger partial charge on any atom is -0.870 e. The Morgan fingerprint density at radius 2 is 1.29 bits per heavy atom. The monoisotopic (exact) mass is 375 g/mol. The number of hydrogen-bond acceptors (Lipinski definition) is 3. The fourth-order valence-corrected chi connectivity index (χ4v) is 3.16. The maximum absolute atomic E-state index is 3.19. The molecule has 146 valence electrons. The Morgan fingerprint density at radius 3 is 1.71 bits per heavy atom. The number of nitrogens with zero attached hydrogens (tertiary/aromatic N) is 2. The molecular weight excluding hydrogens is 346 g/mol. The van der Waals surface area contributed by atoms with Crippen molar-refractivity contribution in [1.29, 1.82) is 0 Å². The first-order chi connectivity index (χ1) is 13.0. The summed E-state index contributed by atoms with van der Waals surface area (Å²) in [5.41, 5.74) is 8.41. The van der Waals surface area contributed by atoms with E-state index in [9.17, 15) is 0 Å². The van der Waals surface area contributed by atoms with Crippen molar-refractivity contribution in [1.82, 2.24) is 0 Å². The second-order valence-electron chi connectivity index (χ2n) is 7.08. The first-order valence-corrected chi connectivity index (χ1v) is 9.20. The number of anilines is 2. The quantitative estimate of drug-likeness (QED) is 0.813. The number of nitrogens with one attached hydrogen (secondary N) is 1. The van der Waals surface area contributed by atoms with Crippen LogP contribution < -0.4 is 10.2 Å². The molecule has 0 heterocycles. The minimum atomic E-state index is 0. The van der Waals surface area contributed by atoms with Gasteiger partial charge in [0, 0.05) is 44.7 Å². The first-order valence-electron chi connectivity index (χ1n) is 9.20. The van der Waals surface area contributed by atoms with Crippen LogP contribution in [0, 0.1) is 0 Å². The van der Waals surface area contributed by atoms with Gasteiger partial charge in [0.1, 0.15) is 14.1 Å². The Kier molecular flexibility index (Phi) is 6.96. The summed E-state index contributed by atoms with van der Waals surface area (Å²) in [5, 5.41) is 3.19. The molecule has 2 N–H and O–H groups in total. The molecule has 2 aromatic carbocycles. The van der Waals surface area contributed by atoms with E-state index >= 15 is 0 Å². The summed E-state index contributed by atoms with van der Waals surface area (Å²) in [6.45, 7) is 0. The Hall–Kier alpha value is -3.11. The van der Waals surface area contributed by atoms with Gasteiger partial charge in [-0.3, -0.25) is 0 Å². The summed E-state index contributed by atoms with van der Waals surface area (Å²) in [7, 11) is 10.2. The third kappa shape index (κ3) is 4.59. The van der Waals surface area contributed by atoms with E-state index in [1.54, 1.807) is 0 Å². The molecule has 2 aromatic rings. The highest BCUT2D eigenvalue weighted by molar-refractivity contribution is 6.04. The topological polar surface area (TPSA) is 48.3 Å². The average molecular weight is 376 g/mol. The number of rotatable bonds is 4. The van der Waals surface area contributed by atoms with E-state index in [4.69, 9.17) is 0 Å². The van der Waals surface area contributed by atoms with Crippen LogP contribution >= 0.6 is 0 Å². The van der Waals surface area contributed by atoms with Crippen molar-refractivity contribution in [3.05, 3.63) is 89.5 Å². The van der Waals surface area contributed by atoms with E-state index < -0.39 is 0 Å². The normalized spacial score (nSPS) is 12.5. The van der Waals surface area contributed by atoms with Crippen molar-refractivity contribution >= 4 is 22.7 Å². The summed E-state index contributed by atoms with van der Waals surface area (Å²) in [4.78, 5) is 2.12. The molecule has 28 heavy (non-hydrogen) atoms. The predicted octanol–water partition coefficient (Wildman–Crippen LogP) is 4.26. The first kappa shape index (κ1) is 21.2. The number of allylic oxidation sites excluding steroid dienone is 5. The SMILES string of the molecule is CNc1ccc(C(=C2C=CC(=[N+](C)C)C=C2)c2ccc(N(C)C)cc2)cc1.[OH-]. The largest absolute Gasteiger partial charge is 0.870 e. The van der Waals surface area contributed by atoms with Crippen LogP contribution in [0.3, 0.4) is 0 Å². The highest BCUT2D eigenvalue weighted by Crippen LogP contribution is 2.31. The molecule has 0 atom stereocenters. The molecule has 0 saturated carbocycles. The van der Waals surface area contributed by atoms with Crippen LogP contribution in [0.4, 0.5) is 11.4 Å². The molecule has 3 rings (SSSR count). The summed E-state index contributed by atoms with van der Waals surface area (Å²) in [6.07, 6.45) is 8.75. The molecule has 1 aliphatic carbocycles. The summed E-state index contributed by atoms with van der Waals surface area (Å²) in [5.74, 6) is 0. The molecule has 0 aliphatic heterocycles. The minimum absolute atomic E-state index is 0. The molecule has 0 saturated heterocycles. The highest BCUT2D eigenvalue weighted by Gasteiger charge is 2.13. The van der Waals surface area contributed by atoms with Gasteiger partial charge in [-0.15, -0.1) is 0 Å². The van der Waals surface area contributed by atoms with E-state index in [1.165, 1.54) is 33.7 Å². The van der Waals surface area contributed by atoms with E-state index in [-0.39, 0.29) is 5.48 Å². The summed E-state index contributed by atoms with van der Waals surface area (Å²) in [6, 6.07) is 17.4. The van der Waals surface area contributed by atoms with Crippen LogP contribution in [0.25, 0.3) is 5.57 Å². The van der Waals surface area contributed by atoms with Crippen LogP contribution in [0.1, 0.15) is 11.1 Å². The van der Waals surface area contributed by atoms with Gasteiger partial charge in [0.05, 0.1) is 0 Å². The summed E-state index contributed by atoms with van der Waals surface area (Å²) >= 11 is 0. The lowest BCUT2D eigenvalue weighted by atomic mass is 9.90. The molecule has 4 heteroatoms. The molecule has 4 nitrogen and oxygen atoms in total. The van der Waals surface area contributed by atoms with Gasteiger partial charge in [-0.05, 0) is 58.7 Å². The molecule has 0 fully saturated rings. The fourth-order valence-electron chi connectivity index (χ4n) is 3.16. The second-order valence-corrected chi connectivity index (χ2v) is 7.08. The lowest BCUT2D eigenvalue weighted by Crippen LogP contribution is -2.10.